The van der Waals surface area contributed by atoms with Gasteiger partial charge in [-0.25, -0.2) is 0 Å². The van der Waals surface area contributed by atoms with E-state index in [-0.39, 0.29) is 27.9 Å². The summed E-state index contributed by atoms with van der Waals surface area (Å²) in [6.07, 6.45) is -7.02. The quantitative estimate of drug-likeness (QED) is 0.0961. The molecule has 0 aromatic rings. The predicted octanol–water partition coefficient (Wildman–Crippen LogP) is -3.70. The van der Waals surface area contributed by atoms with Gasteiger partial charge in [0.2, 0.25) is 0 Å². The molecule has 0 aromatic heterocycles. The Morgan fingerprint density at radius 2 is 0.903 bits per heavy atom. The van der Waals surface area contributed by atoms with Crippen molar-refractivity contribution in [1.82, 2.24) is 0 Å². The molecule has 0 bridgehead atoms. The van der Waals surface area contributed by atoms with E-state index in [1.54, 1.807) is 0 Å². The van der Waals surface area contributed by atoms with Crippen LogP contribution in [0.3, 0.4) is 0 Å². The van der Waals surface area contributed by atoms with Crippen LogP contribution in [0.5, 0.6) is 0 Å². The molecule has 0 heterocycles. The molecule has 0 rings (SSSR count). The van der Waals surface area contributed by atoms with Crippen molar-refractivity contribution >= 4 is 79.9 Å². The van der Waals surface area contributed by atoms with Gasteiger partial charge in [-0.2, -0.15) is 8.42 Å². The predicted molar refractivity (Wildman–Crippen MR) is 91.5 cm³/mol. The monoisotopic (exact) mass is 576 g/mol. The molecule has 184 valence electrons. The minimum absolute atomic E-state index is 0.00467. The molecule has 0 saturated heterocycles. The summed E-state index contributed by atoms with van der Waals surface area (Å²) in [6, 6.07) is 0. The molecule has 0 aliphatic rings. The number of rotatable bonds is 12. The van der Waals surface area contributed by atoms with E-state index in [1.165, 1.54) is 0 Å². The second-order valence-corrected chi connectivity index (χ2v) is 10.6. The van der Waals surface area contributed by atoms with Gasteiger partial charge in [0, 0.05) is 0 Å². The van der Waals surface area contributed by atoms with Gasteiger partial charge in [-0.15, -0.1) is 0 Å². The third-order valence-electron chi connectivity index (χ3n) is 2.24. The van der Waals surface area contributed by atoms with Gasteiger partial charge in [0.05, 0.1) is 0 Å². The van der Waals surface area contributed by atoms with E-state index in [0.29, 0.717) is 0 Å². The molecule has 0 aromatic carbocycles. The molecule has 0 fully saturated rings. The van der Waals surface area contributed by atoms with Crippen LogP contribution in [0.4, 0.5) is 0 Å². The average molecular weight is 576 g/mol. The third-order valence-corrected chi connectivity index (χ3v) is 4.92. The average Bonchev–Trinajstić information content (AvgIpc) is 2.41. The van der Waals surface area contributed by atoms with Crippen molar-refractivity contribution < 1.29 is 86.1 Å². The van der Waals surface area contributed by atoms with Crippen LogP contribution >= 0.6 is 0 Å². The van der Waals surface area contributed by atoms with Gasteiger partial charge in [0.25, 0.3) is 0 Å². The Bertz CT molecular complexity index is 1070. The van der Waals surface area contributed by atoms with Crippen molar-refractivity contribution in [3.05, 3.63) is 0 Å². The van der Waals surface area contributed by atoms with Crippen LogP contribution < -0.4 is 0 Å². The van der Waals surface area contributed by atoms with Crippen molar-refractivity contribution in [2.75, 3.05) is 6.61 Å². The maximum atomic E-state index is 10.9. The van der Waals surface area contributed by atoms with Crippen molar-refractivity contribution in [3.8, 4) is 0 Å². The molecule has 0 saturated carbocycles. The van der Waals surface area contributed by atoms with Crippen molar-refractivity contribution in [2.45, 2.75) is 22.0 Å². The van der Waals surface area contributed by atoms with Gasteiger partial charge >= 0.3 is 177 Å². The summed E-state index contributed by atoms with van der Waals surface area (Å²) >= 11 is 0.00467. The summed E-state index contributed by atoms with van der Waals surface area (Å²) in [4.78, 5) is 0. The molecule has 31 heavy (non-hydrogen) atoms. The molecule has 0 aliphatic carbocycles. The molecule has 20 nitrogen and oxygen atoms in total. The Balaban J connectivity index is 0. The van der Waals surface area contributed by atoms with Crippen LogP contribution in [0.1, 0.15) is 0 Å². The molecule has 26 heteroatoms. The van der Waals surface area contributed by atoms with E-state index in [9.17, 15) is 33.7 Å². The zero-order valence-electron chi connectivity index (χ0n) is 14.6. The Morgan fingerprint density at radius 3 is 1.16 bits per heavy atom. The van der Waals surface area contributed by atoms with E-state index in [0.717, 1.165) is 0 Å². The first-order valence-electron chi connectivity index (χ1n) is 6.61. The van der Waals surface area contributed by atoms with E-state index >= 15 is 0 Å². The second kappa shape index (κ2) is 12.7. The SMILES string of the molecule is O=S(=O)(O)O.O=S(=O)(O)OCC(OS(=O)(=O)O)C(OS(=O)(=O)O)C([CH2][Na])OS(=O)(=O)O. The van der Waals surface area contributed by atoms with E-state index in [2.05, 4.69) is 16.7 Å². The fraction of sp³-hybridized carbons (Fsp3) is 1.00. The number of hydrogen-bond acceptors (Lipinski definition) is 14. The third kappa shape index (κ3) is 24.8. The molecule has 0 radical (unpaired) electrons. The van der Waals surface area contributed by atoms with E-state index in [1.807, 2.05) is 0 Å². The first-order valence-corrected chi connectivity index (χ1v) is 14.9. The van der Waals surface area contributed by atoms with Crippen LogP contribution in [-0.4, -0.2) is 122 Å². The summed E-state index contributed by atoms with van der Waals surface area (Å²) in [5.74, 6) is 0. The van der Waals surface area contributed by atoms with Gasteiger partial charge in [0.1, 0.15) is 0 Å². The first kappa shape index (κ1) is 33.5. The Morgan fingerprint density at radius 1 is 0.581 bits per heavy atom. The van der Waals surface area contributed by atoms with Crippen LogP contribution in [0.15, 0.2) is 0 Å². The van der Waals surface area contributed by atoms with Gasteiger partial charge in [-0.3, -0.25) is 9.11 Å². The summed E-state index contributed by atoms with van der Waals surface area (Å²) in [5.41, 5.74) is 0. The summed E-state index contributed by atoms with van der Waals surface area (Å²) in [5, 5.41) is 0. The number of hydrogen-bond donors (Lipinski definition) is 6. The van der Waals surface area contributed by atoms with Crippen LogP contribution in [-0.2, 0) is 68.7 Å². The van der Waals surface area contributed by atoms with Crippen molar-refractivity contribution in [2.24, 2.45) is 0 Å². The fourth-order valence-electron chi connectivity index (χ4n) is 1.50. The fourth-order valence-corrected chi connectivity index (χ4v) is 4.24. The van der Waals surface area contributed by atoms with Crippen LogP contribution in [0.2, 0.25) is 3.67 Å². The van der Waals surface area contributed by atoms with Gasteiger partial charge < -0.3 is 0 Å². The van der Waals surface area contributed by atoms with Gasteiger partial charge in [0.15, 0.2) is 0 Å². The summed E-state index contributed by atoms with van der Waals surface area (Å²) in [7, 11) is -26.1. The Kier molecular flexibility index (Phi) is 13.7. The molecule has 0 amide bonds. The molecule has 6 N–H and O–H groups in total. The summed E-state index contributed by atoms with van der Waals surface area (Å²) < 4.78 is 168. The zero-order chi connectivity index (χ0) is 25.5. The maximum absolute atomic E-state index is 10.9. The first-order chi connectivity index (χ1) is 13.3. The van der Waals surface area contributed by atoms with Crippen LogP contribution in [0.25, 0.3) is 0 Å². The second-order valence-electron chi connectivity index (χ2n) is 4.68. The topological polar surface area (TPSA) is 329 Å². The van der Waals surface area contributed by atoms with Crippen LogP contribution in [0, 0.1) is 0 Å². The normalized spacial score (nSPS) is 16.6. The molecular weight excluding hydrogens is 563 g/mol. The Labute approximate surface area is 193 Å². The molecule has 3 unspecified atom stereocenters. The minimum atomic E-state index is -5.45. The van der Waals surface area contributed by atoms with Gasteiger partial charge in [-0.1, -0.05) is 0 Å². The standard InChI is InChI=1S/C5H11O16S4.Na.H2O4S/c1-3(19-23(9,10)11)5(21-25(15,16)17)4(20-24(12,13)14)2-18-22(6,7)8;;1-5(2,3)4/h3-5H,1-2H2,(H,6,7,8)(H,9,10,11)(H,12,13,14)(H,15,16,17);;(H2,1,2,3,4). The van der Waals surface area contributed by atoms with Crippen molar-refractivity contribution in [3.63, 3.8) is 0 Å². The van der Waals surface area contributed by atoms with Crippen molar-refractivity contribution in [1.29, 1.82) is 0 Å². The molecular formula is C5H13NaO20S5. The zero-order valence-corrected chi connectivity index (χ0v) is 20.7. The van der Waals surface area contributed by atoms with Gasteiger partial charge in [-0.05, 0) is 0 Å². The Hall–Kier alpha value is 0.350. The molecule has 3 atom stereocenters. The van der Waals surface area contributed by atoms with E-state index < -0.39 is 80.6 Å². The molecule has 0 aliphatic heterocycles. The molecule has 0 spiro atoms. The van der Waals surface area contributed by atoms with E-state index in [4.69, 9.17) is 35.7 Å². The summed E-state index contributed by atoms with van der Waals surface area (Å²) in [6.45, 7) is -1.55.